The zero-order valence-corrected chi connectivity index (χ0v) is 14.9. The van der Waals surface area contributed by atoms with Crippen molar-refractivity contribution in [2.75, 3.05) is 17.2 Å². The lowest BCUT2D eigenvalue weighted by Crippen LogP contribution is -2.21. The van der Waals surface area contributed by atoms with Crippen LogP contribution in [0, 0.1) is 0 Å². The van der Waals surface area contributed by atoms with Crippen molar-refractivity contribution < 1.29 is 14.3 Å². The summed E-state index contributed by atoms with van der Waals surface area (Å²) in [6.45, 7) is 1.59. The van der Waals surface area contributed by atoms with Crippen LogP contribution in [0.15, 0.2) is 78.9 Å². The highest BCUT2D eigenvalue weighted by molar-refractivity contribution is 5.96. The molecule has 136 valence electrons. The second-order valence-corrected chi connectivity index (χ2v) is 5.95. The monoisotopic (exact) mass is 360 g/mol. The first kappa shape index (κ1) is 18.2. The van der Waals surface area contributed by atoms with Gasteiger partial charge in [-0.05, 0) is 55.5 Å². The molecule has 0 aliphatic heterocycles. The van der Waals surface area contributed by atoms with Gasteiger partial charge in [-0.25, -0.2) is 0 Å². The first-order valence-corrected chi connectivity index (χ1v) is 8.58. The standard InChI is InChI=1S/C22H20N2O3/c1-16(25)17-11-13-18(14-12-17)24-22(26)15-23-20-9-5-6-10-21(20)27-19-7-3-2-4-8-19/h2-14,23H,15H2,1H3,(H,24,26). The van der Waals surface area contributed by atoms with Crippen molar-refractivity contribution in [2.45, 2.75) is 6.92 Å². The van der Waals surface area contributed by atoms with Gasteiger partial charge in [-0.1, -0.05) is 30.3 Å². The van der Waals surface area contributed by atoms with E-state index in [0.29, 0.717) is 17.0 Å². The minimum Gasteiger partial charge on any atom is -0.455 e. The number of para-hydroxylation sites is 3. The Morgan fingerprint density at radius 3 is 2.22 bits per heavy atom. The van der Waals surface area contributed by atoms with Crippen molar-refractivity contribution in [3.05, 3.63) is 84.4 Å². The summed E-state index contributed by atoms with van der Waals surface area (Å²) < 4.78 is 5.87. The molecule has 0 saturated carbocycles. The third kappa shape index (κ3) is 5.19. The maximum atomic E-state index is 12.2. The summed E-state index contributed by atoms with van der Waals surface area (Å²) in [5.74, 6) is 1.16. The number of ketones is 1. The summed E-state index contributed by atoms with van der Waals surface area (Å²) in [4.78, 5) is 23.5. The Hall–Kier alpha value is -3.60. The van der Waals surface area contributed by atoms with Crippen LogP contribution in [0.4, 0.5) is 11.4 Å². The molecule has 27 heavy (non-hydrogen) atoms. The molecule has 2 N–H and O–H groups in total. The third-order valence-corrected chi connectivity index (χ3v) is 3.87. The van der Waals surface area contributed by atoms with Crippen LogP contribution in [0.5, 0.6) is 11.5 Å². The topological polar surface area (TPSA) is 67.4 Å². The molecule has 0 heterocycles. The number of hydrogen-bond donors (Lipinski definition) is 2. The molecule has 0 atom stereocenters. The lowest BCUT2D eigenvalue weighted by molar-refractivity contribution is -0.114. The smallest absolute Gasteiger partial charge is 0.243 e. The van der Waals surface area contributed by atoms with Gasteiger partial charge in [0.15, 0.2) is 11.5 Å². The Bertz CT molecular complexity index is 922. The SMILES string of the molecule is CC(=O)c1ccc(NC(=O)CNc2ccccc2Oc2ccccc2)cc1. The van der Waals surface area contributed by atoms with E-state index in [4.69, 9.17) is 4.74 Å². The summed E-state index contributed by atoms with van der Waals surface area (Å²) >= 11 is 0. The Morgan fingerprint density at radius 1 is 0.852 bits per heavy atom. The number of rotatable bonds is 7. The molecule has 0 fully saturated rings. The van der Waals surface area contributed by atoms with Crippen molar-refractivity contribution in [3.63, 3.8) is 0 Å². The lowest BCUT2D eigenvalue weighted by Gasteiger charge is -2.13. The van der Waals surface area contributed by atoms with Crippen LogP contribution in [0.1, 0.15) is 17.3 Å². The molecule has 0 spiro atoms. The number of carbonyl (C=O) groups excluding carboxylic acids is 2. The highest BCUT2D eigenvalue weighted by Gasteiger charge is 2.07. The fourth-order valence-corrected chi connectivity index (χ4v) is 2.49. The second-order valence-electron chi connectivity index (χ2n) is 5.95. The van der Waals surface area contributed by atoms with Gasteiger partial charge in [0.2, 0.25) is 5.91 Å². The van der Waals surface area contributed by atoms with Crippen LogP contribution in [0.2, 0.25) is 0 Å². The average Bonchev–Trinajstić information content (AvgIpc) is 2.68. The number of nitrogens with one attached hydrogen (secondary N) is 2. The molecule has 5 heteroatoms. The molecule has 0 aromatic heterocycles. The van der Waals surface area contributed by atoms with Crippen molar-refractivity contribution in [1.82, 2.24) is 0 Å². The third-order valence-electron chi connectivity index (χ3n) is 3.87. The van der Waals surface area contributed by atoms with E-state index in [0.717, 1.165) is 11.4 Å². The number of ether oxygens (including phenoxy) is 1. The van der Waals surface area contributed by atoms with Crippen LogP contribution >= 0.6 is 0 Å². The molecule has 0 unspecified atom stereocenters. The zero-order valence-electron chi connectivity index (χ0n) is 14.9. The Labute approximate surface area is 158 Å². The molecule has 3 rings (SSSR count). The number of Topliss-reactive ketones (excluding diaryl/α,β-unsaturated/α-hetero) is 1. The molecular formula is C22H20N2O3. The largest absolute Gasteiger partial charge is 0.455 e. The van der Waals surface area contributed by atoms with Gasteiger partial charge in [-0.2, -0.15) is 0 Å². The number of amides is 1. The summed E-state index contributed by atoms with van der Waals surface area (Å²) in [7, 11) is 0. The molecule has 3 aromatic carbocycles. The van der Waals surface area contributed by atoms with Gasteiger partial charge in [0.1, 0.15) is 5.75 Å². The van der Waals surface area contributed by atoms with Crippen LogP contribution in [0.25, 0.3) is 0 Å². The van der Waals surface area contributed by atoms with Gasteiger partial charge in [-0.3, -0.25) is 9.59 Å². The zero-order chi connectivity index (χ0) is 19.1. The molecule has 0 aliphatic carbocycles. The number of anilines is 2. The first-order chi connectivity index (χ1) is 13.1. The van der Waals surface area contributed by atoms with Crippen molar-refractivity contribution in [1.29, 1.82) is 0 Å². The predicted molar refractivity (Wildman–Crippen MR) is 107 cm³/mol. The van der Waals surface area contributed by atoms with E-state index in [2.05, 4.69) is 10.6 Å². The van der Waals surface area contributed by atoms with Gasteiger partial charge in [0.05, 0.1) is 12.2 Å². The number of hydrogen-bond acceptors (Lipinski definition) is 4. The fourth-order valence-electron chi connectivity index (χ4n) is 2.49. The van der Waals surface area contributed by atoms with Crippen molar-refractivity contribution in [2.24, 2.45) is 0 Å². The quantitative estimate of drug-likeness (QED) is 0.598. The van der Waals surface area contributed by atoms with Crippen LogP contribution in [-0.4, -0.2) is 18.2 Å². The minimum atomic E-state index is -0.194. The first-order valence-electron chi connectivity index (χ1n) is 8.58. The minimum absolute atomic E-state index is 0.00966. The molecule has 0 bridgehead atoms. The van der Waals surface area contributed by atoms with E-state index in [1.807, 2.05) is 54.6 Å². The van der Waals surface area contributed by atoms with E-state index in [1.165, 1.54) is 6.92 Å². The van der Waals surface area contributed by atoms with E-state index in [9.17, 15) is 9.59 Å². The van der Waals surface area contributed by atoms with Gasteiger partial charge in [-0.15, -0.1) is 0 Å². The molecule has 3 aromatic rings. The predicted octanol–water partition coefficient (Wildman–Crippen LogP) is 4.73. The van der Waals surface area contributed by atoms with Gasteiger partial charge >= 0.3 is 0 Å². The lowest BCUT2D eigenvalue weighted by atomic mass is 10.1. The summed E-state index contributed by atoms with van der Waals surface area (Å²) in [5.41, 5.74) is 1.97. The maximum Gasteiger partial charge on any atom is 0.243 e. The van der Waals surface area contributed by atoms with Crippen molar-refractivity contribution in [3.8, 4) is 11.5 Å². The highest BCUT2D eigenvalue weighted by Crippen LogP contribution is 2.28. The maximum absolute atomic E-state index is 12.2. The summed E-state index contributed by atoms with van der Waals surface area (Å²) in [6, 6.07) is 23.7. The number of benzene rings is 3. The Balaban J connectivity index is 1.59. The number of carbonyl (C=O) groups is 2. The van der Waals surface area contributed by atoms with E-state index in [-0.39, 0.29) is 18.2 Å². The highest BCUT2D eigenvalue weighted by atomic mass is 16.5. The molecule has 1 amide bonds. The van der Waals surface area contributed by atoms with Crippen molar-refractivity contribution >= 4 is 23.1 Å². The van der Waals surface area contributed by atoms with Gasteiger partial charge in [0.25, 0.3) is 0 Å². The average molecular weight is 360 g/mol. The molecule has 0 saturated heterocycles. The summed E-state index contributed by atoms with van der Waals surface area (Å²) in [5, 5.41) is 5.89. The summed E-state index contributed by atoms with van der Waals surface area (Å²) in [6.07, 6.45) is 0. The Kier molecular flexibility index (Phi) is 5.84. The van der Waals surface area contributed by atoms with Crippen LogP contribution in [0.3, 0.4) is 0 Å². The fraction of sp³-hybridized carbons (Fsp3) is 0.0909. The van der Waals surface area contributed by atoms with Gasteiger partial charge < -0.3 is 15.4 Å². The van der Waals surface area contributed by atoms with Crippen LogP contribution < -0.4 is 15.4 Å². The Morgan fingerprint density at radius 2 is 1.52 bits per heavy atom. The normalized spacial score (nSPS) is 10.1. The second kappa shape index (κ2) is 8.67. The molecular weight excluding hydrogens is 340 g/mol. The molecule has 0 radical (unpaired) electrons. The van der Waals surface area contributed by atoms with E-state index in [1.54, 1.807) is 24.3 Å². The van der Waals surface area contributed by atoms with E-state index < -0.39 is 0 Å². The molecule has 0 aliphatic rings. The van der Waals surface area contributed by atoms with Gasteiger partial charge in [0, 0.05) is 11.3 Å². The van der Waals surface area contributed by atoms with E-state index >= 15 is 0 Å². The van der Waals surface area contributed by atoms with Crippen LogP contribution in [-0.2, 0) is 4.79 Å². The molecule has 5 nitrogen and oxygen atoms in total.